The molecule has 0 aliphatic carbocycles. The molecular weight excluding hydrogens is 416 g/mol. The van der Waals surface area contributed by atoms with Crippen molar-refractivity contribution in [2.75, 3.05) is 31.1 Å². The molecule has 0 saturated carbocycles. The Labute approximate surface area is 195 Å². The number of aromatic nitrogens is 2. The Morgan fingerprint density at radius 1 is 1.12 bits per heavy atom. The first kappa shape index (κ1) is 22.0. The van der Waals surface area contributed by atoms with Gasteiger partial charge in [-0.1, -0.05) is 30.3 Å². The third kappa shape index (κ3) is 4.64. The van der Waals surface area contributed by atoms with Gasteiger partial charge >= 0.3 is 0 Å². The van der Waals surface area contributed by atoms with E-state index in [1.807, 2.05) is 34.9 Å². The van der Waals surface area contributed by atoms with E-state index in [0.717, 1.165) is 61.4 Å². The number of fused-ring (bicyclic) bond motifs is 1. The molecule has 0 bridgehead atoms. The number of hydrogen-bond donors (Lipinski definition) is 0. The predicted molar refractivity (Wildman–Crippen MR) is 125 cm³/mol. The maximum atomic E-state index is 12.8. The van der Waals surface area contributed by atoms with Crippen molar-refractivity contribution < 1.29 is 14.3 Å². The third-order valence-electron chi connectivity index (χ3n) is 7.16. The zero-order valence-electron chi connectivity index (χ0n) is 19.3. The van der Waals surface area contributed by atoms with E-state index in [1.165, 1.54) is 5.56 Å². The van der Waals surface area contributed by atoms with Gasteiger partial charge in [0, 0.05) is 43.4 Å². The summed E-state index contributed by atoms with van der Waals surface area (Å²) in [5, 5.41) is 0. The lowest BCUT2D eigenvalue weighted by atomic mass is 9.95. The second-order valence-electron chi connectivity index (χ2n) is 9.38. The highest BCUT2D eigenvalue weighted by Crippen LogP contribution is 2.33. The fourth-order valence-electron chi connectivity index (χ4n) is 5.23. The summed E-state index contributed by atoms with van der Waals surface area (Å²) in [6.07, 6.45) is 5.47. The molecule has 2 amide bonds. The number of nitrogens with zero attached hydrogens (tertiary/aromatic N) is 4. The van der Waals surface area contributed by atoms with E-state index in [1.54, 1.807) is 0 Å². The van der Waals surface area contributed by atoms with Crippen molar-refractivity contribution >= 4 is 17.6 Å². The van der Waals surface area contributed by atoms with Crippen LogP contribution in [0, 0.1) is 6.92 Å². The van der Waals surface area contributed by atoms with Crippen molar-refractivity contribution in [3.05, 3.63) is 53.0 Å². The van der Waals surface area contributed by atoms with Crippen molar-refractivity contribution in [2.45, 2.75) is 63.9 Å². The van der Waals surface area contributed by atoms with E-state index in [2.05, 4.69) is 12.1 Å². The summed E-state index contributed by atoms with van der Waals surface area (Å²) in [5.41, 5.74) is 3.16. The van der Waals surface area contributed by atoms with Gasteiger partial charge in [-0.2, -0.15) is 0 Å². The summed E-state index contributed by atoms with van der Waals surface area (Å²) in [4.78, 5) is 38.9. The molecule has 0 radical (unpaired) electrons. The van der Waals surface area contributed by atoms with Crippen LogP contribution in [0.3, 0.4) is 0 Å². The number of likely N-dealkylation sites (tertiary alicyclic amines) is 1. The van der Waals surface area contributed by atoms with E-state index >= 15 is 0 Å². The minimum Gasteiger partial charge on any atom is -0.368 e. The van der Waals surface area contributed by atoms with E-state index in [0.29, 0.717) is 32.7 Å². The van der Waals surface area contributed by atoms with Gasteiger partial charge in [0.1, 0.15) is 17.7 Å². The maximum Gasteiger partial charge on any atom is 0.251 e. The van der Waals surface area contributed by atoms with Gasteiger partial charge in [-0.25, -0.2) is 9.97 Å². The van der Waals surface area contributed by atoms with Gasteiger partial charge in [0.2, 0.25) is 5.91 Å². The highest BCUT2D eigenvalue weighted by Gasteiger charge is 2.35. The minimum absolute atomic E-state index is 0.115. The minimum atomic E-state index is -0.254. The fourth-order valence-corrected chi connectivity index (χ4v) is 5.23. The van der Waals surface area contributed by atoms with Gasteiger partial charge in [-0.15, -0.1) is 0 Å². The molecule has 7 heteroatoms. The van der Waals surface area contributed by atoms with Crippen LogP contribution in [0.5, 0.6) is 0 Å². The summed E-state index contributed by atoms with van der Waals surface area (Å²) >= 11 is 0. The van der Waals surface area contributed by atoms with Crippen LogP contribution in [0.2, 0.25) is 0 Å². The van der Waals surface area contributed by atoms with Gasteiger partial charge in [0.25, 0.3) is 5.91 Å². The van der Waals surface area contributed by atoms with Crippen LogP contribution >= 0.6 is 0 Å². The van der Waals surface area contributed by atoms with Crippen molar-refractivity contribution in [1.82, 2.24) is 14.9 Å². The highest BCUT2D eigenvalue weighted by atomic mass is 16.5. The molecule has 33 heavy (non-hydrogen) atoms. The second-order valence-corrected chi connectivity index (χ2v) is 9.38. The largest absolute Gasteiger partial charge is 0.368 e. The molecule has 174 valence electrons. The van der Waals surface area contributed by atoms with E-state index in [-0.39, 0.29) is 23.8 Å². The molecule has 3 aliphatic heterocycles. The Morgan fingerprint density at radius 2 is 1.91 bits per heavy atom. The van der Waals surface area contributed by atoms with Crippen LogP contribution in [0.1, 0.15) is 60.7 Å². The first-order chi connectivity index (χ1) is 16.1. The predicted octanol–water partition coefficient (Wildman–Crippen LogP) is 3.19. The third-order valence-corrected chi connectivity index (χ3v) is 7.16. The number of rotatable bonds is 6. The van der Waals surface area contributed by atoms with Crippen LogP contribution in [-0.2, 0) is 27.2 Å². The summed E-state index contributed by atoms with van der Waals surface area (Å²) in [7, 11) is 0. The standard InChI is InChI=1S/C26H32N4O3/c1-18-21-17-23(31)30(13-5-9-19-7-3-2-4-8-19)25(21)28-24(27-18)20-11-14-29(15-12-20)26(32)22-10-6-16-33-22/h2-4,7-8,20,22H,5-6,9-17H2,1H3/t22-/m1/s1. The molecule has 1 aromatic carbocycles. The van der Waals surface area contributed by atoms with E-state index in [4.69, 9.17) is 14.7 Å². The van der Waals surface area contributed by atoms with Gasteiger partial charge in [-0.3, -0.25) is 14.5 Å². The van der Waals surface area contributed by atoms with Crippen LogP contribution in [0.4, 0.5) is 5.82 Å². The Kier molecular flexibility index (Phi) is 6.40. The Morgan fingerprint density at radius 3 is 2.64 bits per heavy atom. The average molecular weight is 449 g/mol. The lowest BCUT2D eigenvalue weighted by Crippen LogP contribution is -2.43. The normalized spacial score (nSPS) is 21.0. The average Bonchev–Trinajstić information content (AvgIpc) is 3.48. The zero-order chi connectivity index (χ0) is 22.8. The quantitative estimate of drug-likeness (QED) is 0.678. The van der Waals surface area contributed by atoms with Gasteiger partial charge in [-0.05, 0) is 51.0 Å². The van der Waals surface area contributed by atoms with Crippen LogP contribution < -0.4 is 4.90 Å². The number of anilines is 1. The highest BCUT2D eigenvalue weighted by molar-refractivity contribution is 6.00. The Hall–Kier alpha value is -2.80. The lowest BCUT2D eigenvalue weighted by Gasteiger charge is -2.33. The topological polar surface area (TPSA) is 75.6 Å². The number of benzene rings is 1. The number of carbonyl (C=O) groups is 2. The van der Waals surface area contributed by atoms with Crippen LogP contribution in [0.15, 0.2) is 30.3 Å². The van der Waals surface area contributed by atoms with Gasteiger partial charge < -0.3 is 9.64 Å². The SMILES string of the molecule is Cc1nc(C2CCN(C(=O)[C@H]3CCCO3)CC2)nc2c1CC(=O)N2CCCc1ccccc1. The Balaban J connectivity index is 1.24. The molecule has 7 nitrogen and oxygen atoms in total. The molecule has 1 atom stereocenters. The van der Waals surface area contributed by atoms with E-state index in [9.17, 15) is 9.59 Å². The number of carbonyl (C=O) groups excluding carboxylic acids is 2. The molecule has 5 rings (SSSR count). The number of ether oxygens (including phenoxy) is 1. The first-order valence-corrected chi connectivity index (χ1v) is 12.2. The summed E-state index contributed by atoms with van der Waals surface area (Å²) < 4.78 is 5.57. The zero-order valence-corrected chi connectivity index (χ0v) is 19.3. The first-order valence-electron chi connectivity index (χ1n) is 12.2. The lowest BCUT2D eigenvalue weighted by molar-refractivity contribution is -0.142. The monoisotopic (exact) mass is 448 g/mol. The fraction of sp³-hybridized carbons (Fsp3) is 0.538. The molecular formula is C26H32N4O3. The molecule has 2 fully saturated rings. The van der Waals surface area contributed by atoms with Gasteiger partial charge in [0.05, 0.1) is 6.42 Å². The number of piperidine rings is 1. The van der Waals surface area contributed by atoms with Gasteiger partial charge in [0.15, 0.2) is 0 Å². The molecule has 2 saturated heterocycles. The summed E-state index contributed by atoms with van der Waals surface area (Å²) in [5.74, 6) is 2.08. The Bertz CT molecular complexity index is 1010. The second kappa shape index (κ2) is 9.59. The molecule has 4 heterocycles. The molecule has 0 N–H and O–H groups in total. The van der Waals surface area contributed by atoms with Crippen LogP contribution in [0.25, 0.3) is 0 Å². The molecule has 0 unspecified atom stereocenters. The smallest absolute Gasteiger partial charge is 0.251 e. The summed E-state index contributed by atoms with van der Waals surface area (Å²) in [6.45, 7) is 4.77. The van der Waals surface area contributed by atoms with Crippen LogP contribution in [-0.4, -0.2) is 59.0 Å². The van der Waals surface area contributed by atoms with Crippen molar-refractivity contribution in [3.8, 4) is 0 Å². The number of aryl methyl sites for hydroxylation is 2. The number of amides is 2. The van der Waals surface area contributed by atoms with Crippen molar-refractivity contribution in [3.63, 3.8) is 0 Å². The van der Waals surface area contributed by atoms with E-state index < -0.39 is 0 Å². The molecule has 3 aliphatic rings. The molecule has 0 spiro atoms. The molecule has 1 aromatic heterocycles. The maximum absolute atomic E-state index is 12.8. The molecule has 2 aromatic rings. The van der Waals surface area contributed by atoms with Crippen molar-refractivity contribution in [1.29, 1.82) is 0 Å². The number of hydrogen-bond acceptors (Lipinski definition) is 5. The van der Waals surface area contributed by atoms with Crippen molar-refractivity contribution in [2.24, 2.45) is 0 Å². The summed E-state index contributed by atoms with van der Waals surface area (Å²) in [6, 6.07) is 10.4.